The van der Waals surface area contributed by atoms with Gasteiger partial charge in [-0.05, 0) is 96.3 Å². The van der Waals surface area contributed by atoms with Gasteiger partial charge in [0, 0.05) is 6.42 Å². The molecule has 0 aromatic carbocycles. The summed E-state index contributed by atoms with van der Waals surface area (Å²) in [6, 6.07) is -0.916. The molecule has 0 saturated carbocycles. The van der Waals surface area contributed by atoms with Crippen molar-refractivity contribution in [2.24, 2.45) is 0 Å². The minimum absolute atomic E-state index is 0.218. The second-order valence-corrected chi connectivity index (χ2v) is 26.4. The number of amides is 1. The summed E-state index contributed by atoms with van der Waals surface area (Å²) in [7, 11) is 0. The maximum atomic E-state index is 13.4. The van der Waals surface area contributed by atoms with Crippen molar-refractivity contribution in [3.05, 3.63) is 134 Å². The third-order valence-electron chi connectivity index (χ3n) is 18.0. The Bertz CT molecular complexity index is 2310. The Morgan fingerprint density at radius 2 is 0.697 bits per heavy atom. The van der Waals surface area contributed by atoms with E-state index in [9.17, 15) is 61.0 Å². The summed E-state index contributed by atoms with van der Waals surface area (Å²) in [5.41, 5.74) is 0. The Kier molecular flexibility index (Phi) is 53.4. The van der Waals surface area contributed by atoms with Crippen LogP contribution >= 0.6 is 0 Å². The first kappa shape index (κ1) is 89.1. The number of allylic oxidation sites excluding steroid dienone is 22. The fourth-order valence-electron chi connectivity index (χ4n) is 11.9. The molecular weight excluding hydrogens is 1260 g/mol. The van der Waals surface area contributed by atoms with Crippen LogP contribution in [0.15, 0.2) is 134 Å². The zero-order valence-electron chi connectivity index (χ0n) is 60.2. The molecule has 19 nitrogen and oxygen atoms in total. The van der Waals surface area contributed by atoms with Crippen LogP contribution in [-0.2, 0) is 33.2 Å². The molecule has 99 heavy (non-hydrogen) atoms. The van der Waals surface area contributed by atoms with E-state index in [0.717, 1.165) is 109 Å². The van der Waals surface area contributed by atoms with E-state index in [0.29, 0.717) is 19.3 Å². The average molecular weight is 1400 g/mol. The topological polar surface area (TPSA) is 307 Å². The standard InChI is InChI=1S/C80H133NO18/c1-3-5-7-9-11-13-15-17-19-21-22-23-24-25-26-27-28-29-30-31-32-33-34-35-36-37-38-39-40-42-44-46-48-50-52-54-56-58-68(86)81-63(64(85)57-55-53-51-49-47-45-43-41-20-18-16-14-12-10-8-6-4-2)62-94-78-74(92)71(89)76(66(60-83)96-78)99-80-75(93)72(90)77(67(61-84)97-80)98-79-73(91)70(88)69(87)65(59-82)95-79/h5,7,11,13,17,19,22-23,25-26,28-29,31-32,34-35,37-38,40,42,46,48,63-67,69-80,82-85,87-93H,3-4,6,8-10,12,14-16,18,20-21,24,27,30,33,36,39,41,43-45,47,49-62H2,1-2H3,(H,81,86)/b7-5-,13-11-,19-17-,23-22-,26-25-,29-28-,32-31-,35-34-,38-37-,42-40-,48-46-. The smallest absolute Gasteiger partial charge is 0.220 e. The van der Waals surface area contributed by atoms with Crippen molar-refractivity contribution in [2.45, 2.75) is 336 Å². The van der Waals surface area contributed by atoms with Crippen molar-refractivity contribution in [1.82, 2.24) is 5.32 Å². The van der Waals surface area contributed by atoms with Crippen LogP contribution < -0.4 is 5.32 Å². The fraction of sp³-hybridized carbons (Fsp3) is 0.713. The predicted molar refractivity (Wildman–Crippen MR) is 392 cm³/mol. The molecule has 1 amide bonds. The van der Waals surface area contributed by atoms with Gasteiger partial charge in [-0.2, -0.15) is 0 Å². The van der Waals surface area contributed by atoms with Crippen LogP contribution in [0.2, 0.25) is 0 Å². The highest BCUT2D eigenvalue weighted by Gasteiger charge is 2.53. The van der Waals surface area contributed by atoms with E-state index in [1.165, 1.54) is 83.5 Å². The van der Waals surface area contributed by atoms with Crippen LogP contribution in [0, 0.1) is 0 Å². The van der Waals surface area contributed by atoms with E-state index in [1.807, 2.05) is 0 Å². The number of carbonyl (C=O) groups is 1. The van der Waals surface area contributed by atoms with Crippen molar-refractivity contribution in [3.63, 3.8) is 0 Å². The van der Waals surface area contributed by atoms with E-state index in [2.05, 4.69) is 153 Å². The molecule has 3 heterocycles. The molecule has 0 radical (unpaired) electrons. The van der Waals surface area contributed by atoms with Crippen molar-refractivity contribution in [3.8, 4) is 0 Å². The molecule has 3 saturated heterocycles. The van der Waals surface area contributed by atoms with Crippen LogP contribution in [0.5, 0.6) is 0 Å². The molecule has 3 aliphatic rings. The van der Waals surface area contributed by atoms with E-state index < -0.39 is 124 Å². The number of aliphatic hydroxyl groups excluding tert-OH is 11. The first-order chi connectivity index (χ1) is 48.3. The summed E-state index contributed by atoms with van der Waals surface area (Å²) < 4.78 is 34.4. The summed E-state index contributed by atoms with van der Waals surface area (Å²) in [6.45, 7) is 1.65. The SMILES string of the molecule is CC/C=C\C/C=C\C/C=C\C/C=C\C/C=C\C/C=C\C/C=C\C/C=C\C/C=C\C/C=C\C/C=C\CCCCCC(=O)NC(COC1OC(CO)C(OC2OC(CO)C(OC3OC(CO)C(O)C(O)C3O)C(O)C2O)C(O)C1O)C(O)CCCCCCCCCCCCCCCCCCC. The molecule has 3 aliphatic heterocycles. The Balaban J connectivity index is 1.39. The number of aliphatic hydroxyl groups is 11. The normalized spacial score (nSPS) is 27.4. The first-order valence-corrected chi connectivity index (χ1v) is 37.9. The van der Waals surface area contributed by atoms with Crippen molar-refractivity contribution in [1.29, 1.82) is 0 Å². The molecule has 3 rings (SSSR count). The van der Waals surface area contributed by atoms with E-state index in [1.54, 1.807) is 0 Å². The van der Waals surface area contributed by atoms with E-state index >= 15 is 0 Å². The van der Waals surface area contributed by atoms with Gasteiger partial charge < -0.3 is 89.9 Å². The molecule has 566 valence electrons. The molecule has 0 aromatic rings. The molecular formula is C80H133NO18. The van der Waals surface area contributed by atoms with Gasteiger partial charge in [0.2, 0.25) is 5.91 Å². The van der Waals surface area contributed by atoms with Gasteiger partial charge in [-0.1, -0.05) is 263 Å². The third-order valence-corrected chi connectivity index (χ3v) is 18.0. The summed E-state index contributed by atoms with van der Waals surface area (Å²) >= 11 is 0. The molecule has 0 aromatic heterocycles. The van der Waals surface area contributed by atoms with Crippen LogP contribution in [-0.4, -0.2) is 193 Å². The van der Waals surface area contributed by atoms with Crippen LogP contribution in [0.3, 0.4) is 0 Å². The lowest BCUT2D eigenvalue weighted by molar-refractivity contribution is -0.379. The van der Waals surface area contributed by atoms with Gasteiger partial charge in [0.15, 0.2) is 18.9 Å². The molecule has 17 atom stereocenters. The van der Waals surface area contributed by atoms with Gasteiger partial charge in [0.1, 0.15) is 73.2 Å². The van der Waals surface area contributed by atoms with Crippen molar-refractivity contribution in [2.75, 3.05) is 26.4 Å². The minimum Gasteiger partial charge on any atom is -0.394 e. The van der Waals surface area contributed by atoms with Gasteiger partial charge in [-0.15, -0.1) is 0 Å². The summed E-state index contributed by atoms with van der Waals surface area (Å²) in [5.74, 6) is -0.279. The van der Waals surface area contributed by atoms with Crippen LogP contribution in [0.25, 0.3) is 0 Å². The Labute approximate surface area is 594 Å². The number of unbranched alkanes of at least 4 members (excludes halogenated alkanes) is 19. The maximum absolute atomic E-state index is 13.4. The zero-order valence-corrected chi connectivity index (χ0v) is 60.2. The fourth-order valence-corrected chi connectivity index (χ4v) is 11.9. The summed E-state index contributed by atoms with van der Waals surface area (Å²) in [6.07, 6.45) is 56.7. The average Bonchev–Trinajstić information content (AvgIpc) is 0.786. The lowest BCUT2D eigenvalue weighted by Crippen LogP contribution is -2.66. The van der Waals surface area contributed by atoms with Gasteiger partial charge >= 0.3 is 0 Å². The Morgan fingerprint density at radius 3 is 1.08 bits per heavy atom. The van der Waals surface area contributed by atoms with Crippen LogP contribution in [0.1, 0.15) is 232 Å². The van der Waals surface area contributed by atoms with Crippen LogP contribution in [0.4, 0.5) is 0 Å². The van der Waals surface area contributed by atoms with Crippen molar-refractivity contribution < 1.29 is 89.4 Å². The highest BCUT2D eigenvalue weighted by molar-refractivity contribution is 5.76. The number of carbonyl (C=O) groups excluding carboxylic acids is 1. The summed E-state index contributed by atoms with van der Waals surface area (Å²) in [5, 5.41) is 121. The molecule has 0 spiro atoms. The number of ether oxygens (including phenoxy) is 6. The van der Waals surface area contributed by atoms with E-state index in [-0.39, 0.29) is 18.9 Å². The van der Waals surface area contributed by atoms with E-state index in [4.69, 9.17) is 28.4 Å². The first-order valence-electron chi connectivity index (χ1n) is 37.9. The van der Waals surface area contributed by atoms with Gasteiger partial charge in [-0.25, -0.2) is 0 Å². The molecule has 19 heteroatoms. The highest BCUT2D eigenvalue weighted by atomic mass is 16.8. The molecule has 12 N–H and O–H groups in total. The minimum atomic E-state index is -1.98. The lowest BCUT2D eigenvalue weighted by Gasteiger charge is -2.48. The van der Waals surface area contributed by atoms with Crippen molar-refractivity contribution >= 4 is 5.91 Å². The second kappa shape index (κ2) is 59.3. The largest absolute Gasteiger partial charge is 0.394 e. The second-order valence-electron chi connectivity index (χ2n) is 26.4. The number of nitrogens with one attached hydrogen (secondary N) is 1. The molecule has 0 aliphatic carbocycles. The monoisotopic (exact) mass is 1400 g/mol. The molecule has 3 fully saturated rings. The number of hydrogen-bond acceptors (Lipinski definition) is 18. The van der Waals surface area contributed by atoms with Gasteiger partial charge in [-0.3, -0.25) is 4.79 Å². The number of hydrogen-bond donors (Lipinski definition) is 12. The third kappa shape index (κ3) is 40.0. The maximum Gasteiger partial charge on any atom is 0.220 e. The number of rotatable bonds is 57. The molecule has 0 bridgehead atoms. The Morgan fingerprint density at radius 1 is 0.374 bits per heavy atom. The van der Waals surface area contributed by atoms with Gasteiger partial charge in [0.05, 0.1) is 38.6 Å². The Hall–Kier alpha value is -4.07. The highest BCUT2D eigenvalue weighted by Crippen LogP contribution is 2.33. The lowest BCUT2D eigenvalue weighted by atomic mass is 9.96. The quantitative estimate of drug-likeness (QED) is 0.0199. The predicted octanol–water partition coefficient (Wildman–Crippen LogP) is 11.7. The molecule has 17 unspecified atom stereocenters. The zero-order chi connectivity index (χ0) is 71.8. The summed E-state index contributed by atoms with van der Waals surface area (Å²) in [4.78, 5) is 13.4. The van der Waals surface area contributed by atoms with Gasteiger partial charge in [0.25, 0.3) is 0 Å².